The predicted octanol–water partition coefficient (Wildman–Crippen LogP) is 3.10. The van der Waals surface area contributed by atoms with Crippen molar-refractivity contribution in [2.24, 2.45) is 0 Å². The van der Waals surface area contributed by atoms with Crippen molar-refractivity contribution in [3.63, 3.8) is 0 Å². The van der Waals surface area contributed by atoms with Crippen LogP contribution in [-0.2, 0) is 4.74 Å². The van der Waals surface area contributed by atoms with Crippen LogP contribution in [0.4, 0.5) is 0 Å². The third-order valence-electron chi connectivity index (χ3n) is 2.60. The first kappa shape index (κ1) is 10.2. The SMILES string of the molecule is COc1ccc([C@@H]2C=CC[C@H](C)O2)cc1. The summed E-state index contributed by atoms with van der Waals surface area (Å²) in [5, 5.41) is 0. The Morgan fingerprint density at radius 2 is 2.00 bits per heavy atom. The van der Waals surface area contributed by atoms with Crippen LogP contribution in [0.1, 0.15) is 25.0 Å². The van der Waals surface area contributed by atoms with Gasteiger partial charge in [-0.3, -0.25) is 0 Å². The highest BCUT2D eigenvalue weighted by molar-refractivity contribution is 5.30. The number of rotatable bonds is 2. The van der Waals surface area contributed by atoms with Gasteiger partial charge in [-0.15, -0.1) is 0 Å². The fourth-order valence-corrected chi connectivity index (χ4v) is 1.73. The second-order valence-electron chi connectivity index (χ2n) is 3.80. The van der Waals surface area contributed by atoms with Crippen LogP contribution in [0, 0.1) is 0 Å². The van der Waals surface area contributed by atoms with Gasteiger partial charge in [0.2, 0.25) is 0 Å². The Hall–Kier alpha value is -1.28. The van der Waals surface area contributed by atoms with Gasteiger partial charge in [0.25, 0.3) is 0 Å². The number of benzene rings is 1. The van der Waals surface area contributed by atoms with E-state index in [2.05, 4.69) is 19.1 Å². The molecule has 0 radical (unpaired) electrons. The van der Waals surface area contributed by atoms with Gasteiger partial charge in [0.15, 0.2) is 0 Å². The van der Waals surface area contributed by atoms with Gasteiger partial charge < -0.3 is 9.47 Å². The topological polar surface area (TPSA) is 18.5 Å². The van der Waals surface area contributed by atoms with Gasteiger partial charge in [-0.1, -0.05) is 24.3 Å². The minimum atomic E-state index is 0.0969. The van der Waals surface area contributed by atoms with Crippen LogP contribution < -0.4 is 4.74 Å². The quantitative estimate of drug-likeness (QED) is 0.689. The molecule has 0 spiro atoms. The van der Waals surface area contributed by atoms with Gasteiger partial charge >= 0.3 is 0 Å². The molecule has 0 saturated heterocycles. The smallest absolute Gasteiger partial charge is 0.118 e. The second-order valence-corrected chi connectivity index (χ2v) is 3.80. The van der Waals surface area contributed by atoms with Crippen LogP contribution in [0.15, 0.2) is 36.4 Å². The lowest BCUT2D eigenvalue weighted by atomic mass is 10.1. The molecule has 2 nitrogen and oxygen atoms in total. The maximum atomic E-state index is 5.82. The molecule has 1 aromatic rings. The van der Waals surface area contributed by atoms with Crippen LogP contribution >= 0.6 is 0 Å². The molecule has 2 heteroatoms. The summed E-state index contributed by atoms with van der Waals surface area (Å²) in [6, 6.07) is 8.02. The molecule has 0 saturated carbocycles. The van der Waals surface area contributed by atoms with E-state index in [0.29, 0.717) is 6.10 Å². The van der Waals surface area contributed by atoms with Crippen molar-refractivity contribution in [1.29, 1.82) is 0 Å². The Labute approximate surface area is 90.5 Å². The Balaban J connectivity index is 2.15. The summed E-state index contributed by atoms with van der Waals surface area (Å²) in [5.74, 6) is 0.881. The van der Waals surface area contributed by atoms with E-state index in [4.69, 9.17) is 9.47 Å². The monoisotopic (exact) mass is 204 g/mol. The number of hydrogen-bond acceptors (Lipinski definition) is 2. The summed E-state index contributed by atoms with van der Waals surface area (Å²) >= 11 is 0. The van der Waals surface area contributed by atoms with Crippen molar-refractivity contribution in [1.82, 2.24) is 0 Å². The maximum absolute atomic E-state index is 5.82. The number of ether oxygens (including phenoxy) is 2. The average Bonchev–Trinajstić information content (AvgIpc) is 2.29. The summed E-state index contributed by atoms with van der Waals surface area (Å²) in [4.78, 5) is 0. The van der Waals surface area contributed by atoms with E-state index in [0.717, 1.165) is 12.2 Å². The first-order valence-electron chi connectivity index (χ1n) is 5.25. The van der Waals surface area contributed by atoms with Crippen molar-refractivity contribution >= 4 is 0 Å². The van der Waals surface area contributed by atoms with Crippen molar-refractivity contribution in [3.8, 4) is 5.75 Å². The molecular weight excluding hydrogens is 188 g/mol. The van der Waals surface area contributed by atoms with Gasteiger partial charge in [0, 0.05) is 0 Å². The molecule has 1 aliphatic rings. The molecular formula is C13H16O2. The minimum Gasteiger partial charge on any atom is -0.497 e. The summed E-state index contributed by atoms with van der Waals surface area (Å²) < 4.78 is 10.9. The predicted molar refractivity (Wildman–Crippen MR) is 60.0 cm³/mol. The average molecular weight is 204 g/mol. The van der Waals surface area contributed by atoms with Crippen molar-refractivity contribution < 1.29 is 9.47 Å². The summed E-state index contributed by atoms with van der Waals surface area (Å²) in [6.45, 7) is 2.10. The minimum absolute atomic E-state index is 0.0969. The fourth-order valence-electron chi connectivity index (χ4n) is 1.73. The third kappa shape index (κ3) is 2.39. The summed E-state index contributed by atoms with van der Waals surface area (Å²) in [7, 11) is 1.67. The fraction of sp³-hybridized carbons (Fsp3) is 0.385. The first-order valence-corrected chi connectivity index (χ1v) is 5.25. The lowest BCUT2D eigenvalue weighted by Gasteiger charge is -2.23. The van der Waals surface area contributed by atoms with Crippen molar-refractivity contribution in [2.45, 2.75) is 25.6 Å². The first-order chi connectivity index (χ1) is 7.29. The van der Waals surface area contributed by atoms with Crippen LogP contribution in [0.5, 0.6) is 5.75 Å². The highest BCUT2D eigenvalue weighted by Crippen LogP contribution is 2.27. The molecule has 0 unspecified atom stereocenters. The van der Waals surface area contributed by atoms with E-state index in [1.165, 1.54) is 5.56 Å². The van der Waals surface area contributed by atoms with E-state index < -0.39 is 0 Å². The van der Waals surface area contributed by atoms with E-state index in [1.54, 1.807) is 7.11 Å². The summed E-state index contributed by atoms with van der Waals surface area (Å²) in [6.07, 6.45) is 5.71. The standard InChI is InChI=1S/C13H16O2/c1-10-4-3-5-13(15-10)11-6-8-12(14-2)9-7-11/h3,5-10,13H,4H2,1-2H3/t10-,13-/m0/s1. The zero-order valence-corrected chi connectivity index (χ0v) is 9.14. The van der Waals surface area contributed by atoms with E-state index >= 15 is 0 Å². The molecule has 0 fully saturated rings. The Kier molecular flexibility index (Phi) is 3.07. The normalized spacial score (nSPS) is 25.2. The van der Waals surface area contributed by atoms with Gasteiger partial charge in [0.1, 0.15) is 11.9 Å². The van der Waals surface area contributed by atoms with Gasteiger partial charge in [-0.25, -0.2) is 0 Å². The van der Waals surface area contributed by atoms with Crippen molar-refractivity contribution in [2.75, 3.05) is 7.11 Å². The van der Waals surface area contributed by atoms with Crippen LogP contribution in [0.2, 0.25) is 0 Å². The Morgan fingerprint density at radius 1 is 1.27 bits per heavy atom. The molecule has 0 aliphatic carbocycles. The lowest BCUT2D eigenvalue weighted by molar-refractivity contribution is 0.0165. The molecule has 0 aromatic heterocycles. The van der Waals surface area contributed by atoms with Crippen molar-refractivity contribution in [3.05, 3.63) is 42.0 Å². The van der Waals surface area contributed by atoms with E-state index in [1.807, 2.05) is 24.3 Å². The molecule has 2 atom stereocenters. The molecule has 1 heterocycles. The van der Waals surface area contributed by atoms with Crippen LogP contribution in [0.3, 0.4) is 0 Å². The van der Waals surface area contributed by atoms with Gasteiger partial charge in [-0.05, 0) is 31.0 Å². The van der Waals surface area contributed by atoms with Crippen LogP contribution in [-0.4, -0.2) is 13.2 Å². The highest BCUT2D eigenvalue weighted by Gasteiger charge is 2.15. The van der Waals surface area contributed by atoms with Crippen LogP contribution in [0.25, 0.3) is 0 Å². The second kappa shape index (κ2) is 4.49. The molecule has 2 rings (SSSR count). The van der Waals surface area contributed by atoms with E-state index in [9.17, 15) is 0 Å². The largest absolute Gasteiger partial charge is 0.497 e. The summed E-state index contributed by atoms with van der Waals surface area (Å²) in [5.41, 5.74) is 1.18. The zero-order chi connectivity index (χ0) is 10.7. The Bertz CT molecular complexity index is 340. The Morgan fingerprint density at radius 3 is 2.60 bits per heavy atom. The number of hydrogen-bond donors (Lipinski definition) is 0. The van der Waals surface area contributed by atoms with Gasteiger partial charge in [-0.2, -0.15) is 0 Å². The third-order valence-corrected chi connectivity index (χ3v) is 2.60. The molecule has 15 heavy (non-hydrogen) atoms. The zero-order valence-electron chi connectivity index (χ0n) is 9.14. The highest BCUT2D eigenvalue weighted by atomic mass is 16.5. The maximum Gasteiger partial charge on any atom is 0.118 e. The lowest BCUT2D eigenvalue weighted by Crippen LogP contribution is -2.15. The molecule has 0 bridgehead atoms. The number of methoxy groups -OCH3 is 1. The molecule has 0 N–H and O–H groups in total. The molecule has 1 aliphatic heterocycles. The molecule has 0 amide bonds. The molecule has 80 valence electrons. The van der Waals surface area contributed by atoms with E-state index in [-0.39, 0.29) is 6.10 Å². The van der Waals surface area contributed by atoms with Gasteiger partial charge in [0.05, 0.1) is 13.2 Å². The molecule has 1 aromatic carbocycles.